The van der Waals surface area contributed by atoms with Gasteiger partial charge in [-0.1, -0.05) is 0 Å². The molecular weight excluding hydrogens is 238 g/mol. The monoisotopic (exact) mass is 257 g/mol. The lowest BCUT2D eigenvalue weighted by Gasteiger charge is -2.05. The fourth-order valence-electron chi connectivity index (χ4n) is 1.87. The first kappa shape index (κ1) is 13.3. The van der Waals surface area contributed by atoms with Crippen molar-refractivity contribution >= 4 is 11.5 Å². The second-order valence-corrected chi connectivity index (χ2v) is 5.05. The first-order valence-corrected chi connectivity index (χ1v) is 6.40. The molecule has 0 aliphatic carbocycles. The minimum absolute atomic E-state index is 0.0668. The average Bonchev–Trinajstić information content (AvgIpc) is 2.81. The molecular formula is C15H19N3O. The fourth-order valence-corrected chi connectivity index (χ4v) is 1.87. The maximum Gasteiger partial charge on any atom is 0.168 e. The Bertz CT molecular complexity index is 599. The van der Waals surface area contributed by atoms with E-state index >= 15 is 0 Å². The zero-order valence-electron chi connectivity index (χ0n) is 11.6. The standard InChI is InChI=1S/C15H19N3O/c1-10(2)18-7-6-13(17-18)9-15(19)12-4-5-14(16)11(3)8-12/h4-8,10H,9,16H2,1-3H3. The molecule has 2 N–H and O–H groups in total. The van der Waals surface area contributed by atoms with Gasteiger partial charge in [-0.05, 0) is 50.6 Å². The molecule has 100 valence electrons. The van der Waals surface area contributed by atoms with Crippen LogP contribution in [0.2, 0.25) is 0 Å². The van der Waals surface area contributed by atoms with Crippen molar-refractivity contribution in [2.75, 3.05) is 5.73 Å². The Morgan fingerprint density at radius 3 is 2.68 bits per heavy atom. The van der Waals surface area contributed by atoms with Gasteiger partial charge in [-0.15, -0.1) is 0 Å². The van der Waals surface area contributed by atoms with Gasteiger partial charge < -0.3 is 5.73 Å². The van der Waals surface area contributed by atoms with Gasteiger partial charge in [0.2, 0.25) is 0 Å². The lowest BCUT2D eigenvalue weighted by Crippen LogP contribution is -2.07. The van der Waals surface area contributed by atoms with E-state index in [2.05, 4.69) is 18.9 Å². The summed E-state index contributed by atoms with van der Waals surface area (Å²) in [6.07, 6.45) is 2.23. The van der Waals surface area contributed by atoms with E-state index in [9.17, 15) is 4.79 Å². The largest absolute Gasteiger partial charge is 0.399 e. The van der Waals surface area contributed by atoms with Crippen LogP contribution in [-0.4, -0.2) is 15.6 Å². The molecule has 0 aliphatic rings. The highest BCUT2D eigenvalue weighted by Gasteiger charge is 2.11. The molecule has 1 heterocycles. The maximum atomic E-state index is 12.2. The molecule has 0 saturated heterocycles. The van der Waals surface area contributed by atoms with Crippen LogP contribution in [0, 0.1) is 6.92 Å². The SMILES string of the molecule is Cc1cc(C(=O)Cc2ccn(C(C)C)n2)ccc1N. The van der Waals surface area contributed by atoms with Crippen molar-refractivity contribution in [2.24, 2.45) is 0 Å². The highest BCUT2D eigenvalue weighted by Crippen LogP contribution is 2.15. The number of nitrogens with zero attached hydrogens (tertiary/aromatic N) is 2. The topological polar surface area (TPSA) is 60.9 Å². The Kier molecular flexibility index (Phi) is 3.69. The molecule has 1 aromatic carbocycles. The molecule has 0 fully saturated rings. The number of hydrogen-bond acceptors (Lipinski definition) is 3. The zero-order valence-corrected chi connectivity index (χ0v) is 11.6. The molecule has 4 nitrogen and oxygen atoms in total. The fraction of sp³-hybridized carbons (Fsp3) is 0.333. The quantitative estimate of drug-likeness (QED) is 0.676. The van der Waals surface area contributed by atoms with Gasteiger partial charge in [0.1, 0.15) is 0 Å². The highest BCUT2D eigenvalue weighted by atomic mass is 16.1. The number of Topliss-reactive ketones (excluding diaryl/α,β-unsaturated/α-hetero) is 1. The summed E-state index contributed by atoms with van der Waals surface area (Å²) in [5.41, 5.74) is 8.87. The predicted octanol–water partition coefficient (Wildman–Crippen LogP) is 2.78. The number of benzene rings is 1. The van der Waals surface area contributed by atoms with Crippen molar-refractivity contribution in [3.05, 3.63) is 47.3 Å². The van der Waals surface area contributed by atoms with Crippen molar-refractivity contribution < 1.29 is 4.79 Å². The Morgan fingerprint density at radius 2 is 2.11 bits per heavy atom. The lowest BCUT2D eigenvalue weighted by atomic mass is 10.0. The number of aromatic nitrogens is 2. The van der Waals surface area contributed by atoms with Crippen molar-refractivity contribution in [3.8, 4) is 0 Å². The molecule has 0 bridgehead atoms. The van der Waals surface area contributed by atoms with E-state index < -0.39 is 0 Å². The van der Waals surface area contributed by atoms with Crippen LogP contribution < -0.4 is 5.73 Å². The lowest BCUT2D eigenvalue weighted by molar-refractivity contribution is 0.0991. The van der Waals surface area contributed by atoms with E-state index in [0.717, 1.165) is 11.3 Å². The van der Waals surface area contributed by atoms with Crippen LogP contribution in [0.4, 0.5) is 5.69 Å². The van der Waals surface area contributed by atoms with Gasteiger partial charge in [-0.3, -0.25) is 9.48 Å². The number of aryl methyl sites for hydroxylation is 1. The van der Waals surface area contributed by atoms with E-state index in [1.807, 2.05) is 29.9 Å². The van der Waals surface area contributed by atoms with Gasteiger partial charge in [0.15, 0.2) is 5.78 Å². The Balaban J connectivity index is 2.13. The molecule has 0 radical (unpaired) electrons. The molecule has 2 rings (SSSR count). The van der Waals surface area contributed by atoms with Gasteiger partial charge >= 0.3 is 0 Å². The molecule has 0 atom stereocenters. The van der Waals surface area contributed by atoms with Crippen molar-refractivity contribution in [2.45, 2.75) is 33.2 Å². The molecule has 0 saturated carbocycles. The molecule has 4 heteroatoms. The summed E-state index contributed by atoms with van der Waals surface area (Å²) >= 11 is 0. The van der Waals surface area contributed by atoms with Crippen molar-refractivity contribution in [1.82, 2.24) is 9.78 Å². The summed E-state index contributed by atoms with van der Waals surface area (Å²) in [7, 11) is 0. The van der Waals surface area contributed by atoms with Crippen LogP contribution >= 0.6 is 0 Å². The third-order valence-corrected chi connectivity index (χ3v) is 3.13. The van der Waals surface area contributed by atoms with Gasteiger partial charge in [0.25, 0.3) is 0 Å². The third-order valence-electron chi connectivity index (χ3n) is 3.13. The number of anilines is 1. The second-order valence-electron chi connectivity index (χ2n) is 5.05. The van der Waals surface area contributed by atoms with Crippen LogP contribution in [-0.2, 0) is 6.42 Å². The Morgan fingerprint density at radius 1 is 1.37 bits per heavy atom. The van der Waals surface area contributed by atoms with Crippen LogP contribution in [0.25, 0.3) is 0 Å². The summed E-state index contributed by atoms with van der Waals surface area (Å²) in [5.74, 6) is 0.0668. The number of carbonyl (C=O) groups excluding carboxylic acids is 1. The molecule has 19 heavy (non-hydrogen) atoms. The zero-order chi connectivity index (χ0) is 14.0. The summed E-state index contributed by atoms with van der Waals surface area (Å²) in [4.78, 5) is 12.2. The predicted molar refractivity (Wildman–Crippen MR) is 76.2 cm³/mol. The van der Waals surface area contributed by atoms with Gasteiger partial charge in [-0.2, -0.15) is 5.10 Å². The number of nitrogens with two attached hydrogens (primary N) is 1. The summed E-state index contributed by atoms with van der Waals surface area (Å²) in [5, 5.41) is 4.39. The van der Waals surface area contributed by atoms with E-state index in [-0.39, 0.29) is 5.78 Å². The van der Waals surface area contributed by atoms with E-state index in [1.165, 1.54) is 0 Å². The van der Waals surface area contributed by atoms with Crippen molar-refractivity contribution in [3.63, 3.8) is 0 Å². The van der Waals surface area contributed by atoms with E-state index in [1.54, 1.807) is 12.1 Å². The average molecular weight is 257 g/mol. The summed E-state index contributed by atoms with van der Waals surface area (Å²) in [6.45, 7) is 6.02. The second kappa shape index (κ2) is 5.26. The first-order valence-electron chi connectivity index (χ1n) is 6.40. The van der Waals surface area contributed by atoms with Crippen molar-refractivity contribution in [1.29, 1.82) is 0 Å². The van der Waals surface area contributed by atoms with E-state index in [4.69, 9.17) is 5.73 Å². The van der Waals surface area contributed by atoms with Crippen LogP contribution in [0.3, 0.4) is 0 Å². The number of nitrogen functional groups attached to an aromatic ring is 1. The molecule has 2 aromatic rings. The Hall–Kier alpha value is -2.10. The highest BCUT2D eigenvalue weighted by molar-refractivity contribution is 5.97. The normalized spacial score (nSPS) is 10.9. The third kappa shape index (κ3) is 3.02. The Labute approximate surface area is 113 Å². The van der Waals surface area contributed by atoms with Crippen LogP contribution in [0.5, 0.6) is 0 Å². The van der Waals surface area contributed by atoms with Gasteiger partial charge in [0, 0.05) is 23.5 Å². The number of ketones is 1. The number of rotatable bonds is 4. The molecule has 0 spiro atoms. The van der Waals surface area contributed by atoms with Crippen LogP contribution in [0.1, 0.15) is 41.5 Å². The summed E-state index contributed by atoms with van der Waals surface area (Å²) < 4.78 is 1.86. The smallest absolute Gasteiger partial charge is 0.168 e. The molecule has 0 aliphatic heterocycles. The summed E-state index contributed by atoms with van der Waals surface area (Å²) in [6, 6.07) is 7.57. The van der Waals surface area contributed by atoms with Gasteiger partial charge in [-0.25, -0.2) is 0 Å². The minimum atomic E-state index is 0.0668. The van der Waals surface area contributed by atoms with Crippen LogP contribution in [0.15, 0.2) is 30.5 Å². The van der Waals surface area contributed by atoms with E-state index in [0.29, 0.717) is 23.7 Å². The molecule has 1 aromatic heterocycles. The minimum Gasteiger partial charge on any atom is -0.399 e. The molecule has 0 unspecified atom stereocenters. The molecule has 0 amide bonds. The number of carbonyl (C=O) groups is 1. The number of hydrogen-bond donors (Lipinski definition) is 1. The van der Waals surface area contributed by atoms with Gasteiger partial charge in [0.05, 0.1) is 12.1 Å². The first-order chi connectivity index (χ1) is 8.97. The maximum absolute atomic E-state index is 12.2.